The molecule has 0 saturated carbocycles. The van der Waals surface area contributed by atoms with Crippen molar-refractivity contribution in [3.8, 4) is 0 Å². The van der Waals surface area contributed by atoms with Crippen LogP contribution in [0.1, 0.15) is 0 Å². The summed E-state index contributed by atoms with van der Waals surface area (Å²) in [6, 6.07) is 0. The molecule has 10 heavy (non-hydrogen) atoms. The standard InChI is InChI=1S/C7H5BrN2/c8-6-2-4-10-7-5(6)1-3-9-7/h1-4,6H/t6-/m1/s1. The monoisotopic (exact) mass is 196 g/mol. The van der Waals surface area contributed by atoms with Gasteiger partial charge >= 0.3 is 0 Å². The van der Waals surface area contributed by atoms with E-state index in [0.717, 1.165) is 11.4 Å². The van der Waals surface area contributed by atoms with Gasteiger partial charge in [-0.25, -0.2) is 9.98 Å². The number of fused-ring (bicyclic) bond motifs is 1. The lowest BCUT2D eigenvalue weighted by Gasteiger charge is -2.08. The zero-order valence-corrected chi connectivity index (χ0v) is 6.75. The van der Waals surface area contributed by atoms with Gasteiger partial charge in [0, 0.05) is 18.0 Å². The van der Waals surface area contributed by atoms with E-state index in [2.05, 4.69) is 25.9 Å². The Morgan fingerprint density at radius 2 is 2.40 bits per heavy atom. The summed E-state index contributed by atoms with van der Waals surface area (Å²) in [5, 5.41) is 0. The Morgan fingerprint density at radius 3 is 3.20 bits per heavy atom. The van der Waals surface area contributed by atoms with Crippen molar-refractivity contribution in [3.63, 3.8) is 0 Å². The van der Waals surface area contributed by atoms with Crippen LogP contribution in [-0.2, 0) is 0 Å². The van der Waals surface area contributed by atoms with Gasteiger partial charge in [0.25, 0.3) is 0 Å². The Kier molecular flexibility index (Phi) is 1.31. The fourth-order valence-electron chi connectivity index (χ4n) is 0.953. The Bertz CT molecular complexity index is 273. The molecule has 3 heteroatoms. The Balaban J connectivity index is 2.45. The first kappa shape index (κ1) is 6.04. The van der Waals surface area contributed by atoms with Gasteiger partial charge in [-0.05, 0) is 12.2 Å². The highest BCUT2D eigenvalue weighted by molar-refractivity contribution is 9.09. The molecule has 2 rings (SSSR count). The topological polar surface area (TPSA) is 24.7 Å². The summed E-state index contributed by atoms with van der Waals surface area (Å²) in [6.07, 6.45) is 7.51. The zero-order chi connectivity index (χ0) is 6.97. The van der Waals surface area contributed by atoms with Crippen molar-refractivity contribution < 1.29 is 0 Å². The number of halogens is 1. The number of nitrogens with zero attached hydrogens (tertiary/aromatic N) is 2. The van der Waals surface area contributed by atoms with Crippen LogP contribution in [0.2, 0.25) is 0 Å². The first-order valence-corrected chi connectivity index (χ1v) is 3.92. The Labute approximate surface area is 67.2 Å². The fraction of sp³-hybridized carbons (Fsp3) is 0.143. The number of hydrogen-bond acceptors (Lipinski definition) is 2. The Morgan fingerprint density at radius 1 is 1.50 bits per heavy atom. The molecule has 0 bridgehead atoms. The van der Waals surface area contributed by atoms with Crippen LogP contribution in [0, 0.1) is 0 Å². The molecule has 2 aliphatic rings. The molecule has 0 spiro atoms. The van der Waals surface area contributed by atoms with E-state index in [0.29, 0.717) is 4.83 Å². The molecular formula is C7H5BrN2. The summed E-state index contributed by atoms with van der Waals surface area (Å²) in [5.41, 5.74) is 1.16. The molecule has 2 heterocycles. The number of alkyl halides is 1. The Hall–Kier alpha value is -0.700. The predicted molar refractivity (Wildman–Crippen MR) is 45.9 cm³/mol. The second kappa shape index (κ2) is 2.16. The number of allylic oxidation sites excluding steroid dienone is 2. The van der Waals surface area contributed by atoms with E-state index in [9.17, 15) is 0 Å². The van der Waals surface area contributed by atoms with Crippen LogP contribution < -0.4 is 0 Å². The van der Waals surface area contributed by atoms with Crippen molar-refractivity contribution >= 4 is 28.0 Å². The maximum Gasteiger partial charge on any atom is 0.156 e. The van der Waals surface area contributed by atoms with Gasteiger partial charge in [0.15, 0.2) is 5.84 Å². The number of rotatable bonds is 0. The van der Waals surface area contributed by atoms with Crippen LogP contribution in [0.4, 0.5) is 0 Å². The van der Waals surface area contributed by atoms with Gasteiger partial charge in [-0.1, -0.05) is 15.9 Å². The maximum atomic E-state index is 4.08. The average Bonchev–Trinajstić information content (AvgIpc) is 2.36. The summed E-state index contributed by atoms with van der Waals surface area (Å²) in [4.78, 5) is 8.43. The van der Waals surface area contributed by atoms with Gasteiger partial charge in [0.05, 0.1) is 4.83 Å². The van der Waals surface area contributed by atoms with Crippen LogP contribution in [0.3, 0.4) is 0 Å². The molecule has 0 aromatic rings. The highest BCUT2D eigenvalue weighted by atomic mass is 79.9. The van der Waals surface area contributed by atoms with E-state index in [1.54, 1.807) is 12.4 Å². The summed E-state index contributed by atoms with van der Waals surface area (Å²) < 4.78 is 0. The fourth-order valence-corrected chi connectivity index (χ4v) is 1.45. The number of hydrogen-bond donors (Lipinski definition) is 0. The van der Waals surface area contributed by atoms with E-state index in [-0.39, 0.29) is 0 Å². The van der Waals surface area contributed by atoms with E-state index in [1.165, 1.54) is 0 Å². The molecule has 0 radical (unpaired) electrons. The van der Waals surface area contributed by atoms with Crippen LogP contribution in [0.5, 0.6) is 0 Å². The molecule has 0 aliphatic carbocycles. The summed E-state index contributed by atoms with van der Waals surface area (Å²) in [5.74, 6) is 0.837. The van der Waals surface area contributed by atoms with Crippen LogP contribution in [0.15, 0.2) is 33.9 Å². The molecule has 0 N–H and O–H groups in total. The van der Waals surface area contributed by atoms with Crippen LogP contribution in [0.25, 0.3) is 0 Å². The summed E-state index contributed by atoms with van der Waals surface area (Å²) >= 11 is 3.48. The molecule has 2 nitrogen and oxygen atoms in total. The molecule has 0 aromatic carbocycles. The van der Waals surface area contributed by atoms with Crippen LogP contribution in [-0.4, -0.2) is 16.9 Å². The lowest BCUT2D eigenvalue weighted by Crippen LogP contribution is -2.08. The van der Waals surface area contributed by atoms with Gasteiger partial charge in [0.1, 0.15) is 0 Å². The van der Waals surface area contributed by atoms with Gasteiger partial charge in [-0.2, -0.15) is 0 Å². The smallest absolute Gasteiger partial charge is 0.156 e. The number of amidine groups is 1. The number of aliphatic imine (C=N–C) groups is 2. The second-order valence-corrected chi connectivity index (χ2v) is 3.08. The predicted octanol–water partition coefficient (Wildman–Crippen LogP) is 1.69. The lowest BCUT2D eigenvalue weighted by atomic mass is 10.1. The summed E-state index contributed by atoms with van der Waals surface area (Å²) in [7, 11) is 0. The van der Waals surface area contributed by atoms with Gasteiger partial charge in [0.2, 0.25) is 0 Å². The molecule has 0 amide bonds. The van der Waals surface area contributed by atoms with Crippen molar-refractivity contribution in [2.24, 2.45) is 9.98 Å². The maximum absolute atomic E-state index is 4.08. The minimum atomic E-state index is 0.294. The van der Waals surface area contributed by atoms with E-state index < -0.39 is 0 Å². The van der Waals surface area contributed by atoms with E-state index in [1.807, 2.05) is 12.2 Å². The normalized spacial score (nSPS) is 27.9. The van der Waals surface area contributed by atoms with Crippen molar-refractivity contribution in [2.45, 2.75) is 4.83 Å². The quantitative estimate of drug-likeness (QED) is 0.528. The van der Waals surface area contributed by atoms with Crippen LogP contribution >= 0.6 is 15.9 Å². The minimum absolute atomic E-state index is 0.294. The molecule has 50 valence electrons. The van der Waals surface area contributed by atoms with E-state index in [4.69, 9.17) is 0 Å². The molecule has 0 aromatic heterocycles. The third-order valence-electron chi connectivity index (χ3n) is 1.46. The second-order valence-electron chi connectivity index (χ2n) is 2.10. The highest BCUT2D eigenvalue weighted by Gasteiger charge is 2.18. The van der Waals surface area contributed by atoms with Crippen molar-refractivity contribution in [2.75, 3.05) is 0 Å². The first-order chi connectivity index (χ1) is 4.88. The zero-order valence-electron chi connectivity index (χ0n) is 5.16. The van der Waals surface area contributed by atoms with Gasteiger partial charge < -0.3 is 0 Å². The molecule has 0 saturated heterocycles. The largest absolute Gasteiger partial charge is 0.237 e. The SMILES string of the molecule is Br[C@@H]1C=CN=C2N=CC=C21. The minimum Gasteiger partial charge on any atom is -0.237 e. The molecule has 1 atom stereocenters. The highest BCUT2D eigenvalue weighted by Crippen LogP contribution is 2.22. The van der Waals surface area contributed by atoms with E-state index >= 15 is 0 Å². The van der Waals surface area contributed by atoms with Crippen molar-refractivity contribution in [3.05, 3.63) is 23.9 Å². The van der Waals surface area contributed by atoms with Gasteiger partial charge in [-0.15, -0.1) is 0 Å². The third kappa shape index (κ3) is 0.778. The molecule has 0 unspecified atom stereocenters. The average molecular weight is 197 g/mol. The lowest BCUT2D eigenvalue weighted by molar-refractivity contribution is 1.28. The summed E-state index contributed by atoms with van der Waals surface area (Å²) in [6.45, 7) is 0. The van der Waals surface area contributed by atoms with Crippen molar-refractivity contribution in [1.82, 2.24) is 0 Å². The first-order valence-electron chi connectivity index (χ1n) is 3.01. The van der Waals surface area contributed by atoms with Crippen molar-refractivity contribution in [1.29, 1.82) is 0 Å². The molecule has 0 fully saturated rings. The molecule has 2 aliphatic heterocycles. The molecular weight excluding hydrogens is 192 g/mol. The third-order valence-corrected chi connectivity index (χ3v) is 2.26. The van der Waals surface area contributed by atoms with Gasteiger partial charge in [-0.3, -0.25) is 0 Å².